The van der Waals surface area contributed by atoms with E-state index in [1.165, 1.54) is 12.1 Å². The number of hydrazine groups is 1. The van der Waals surface area contributed by atoms with Crippen LogP contribution in [0, 0.1) is 5.82 Å². The highest BCUT2D eigenvalue weighted by molar-refractivity contribution is 5.80. The van der Waals surface area contributed by atoms with Crippen molar-refractivity contribution in [2.75, 3.05) is 18.7 Å². The summed E-state index contributed by atoms with van der Waals surface area (Å²) in [4.78, 5) is 4.32. The minimum absolute atomic E-state index is 0.330. The van der Waals surface area contributed by atoms with Crippen LogP contribution in [0.4, 0.5) is 10.1 Å². The molecule has 7 heteroatoms. The molecule has 116 valence electrons. The van der Waals surface area contributed by atoms with Crippen molar-refractivity contribution in [1.29, 1.82) is 0 Å². The highest BCUT2D eigenvalue weighted by Gasteiger charge is 2.27. The molecule has 0 fully saturated rings. The van der Waals surface area contributed by atoms with Crippen molar-refractivity contribution in [2.24, 2.45) is 4.99 Å². The topological polar surface area (TPSA) is 56.8 Å². The van der Waals surface area contributed by atoms with Gasteiger partial charge in [-0.1, -0.05) is 0 Å². The van der Waals surface area contributed by atoms with Crippen LogP contribution in [0.25, 0.3) is 11.3 Å². The Hall–Kier alpha value is -3.09. The van der Waals surface area contributed by atoms with Gasteiger partial charge in [0.25, 0.3) is 0 Å². The van der Waals surface area contributed by atoms with Crippen LogP contribution < -0.4 is 9.75 Å². The van der Waals surface area contributed by atoms with Gasteiger partial charge in [-0.3, -0.25) is 10.1 Å². The van der Waals surface area contributed by atoms with Crippen LogP contribution in [0.5, 0.6) is 5.75 Å². The fourth-order valence-electron chi connectivity index (χ4n) is 2.75. The monoisotopic (exact) mass is 311 g/mol. The molecule has 0 saturated carbocycles. The number of hydrogen-bond donors (Lipinski definition) is 1. The zero-order valence-electron chi connectivity index (χ0n) is 12.4. The molecule has 3 heterocycles. The zero-order valence-corrected chi connectivity index (χ0v) is 12.4. The number of nitrogens with zero attached hydrogens (tertiary/aromatic N) is 4. The van der Waals surface area contributed by atoms with E-state index in [4.69, 9.17) is 4.74 Å². The number of hydrogen-bond acceptors (Lipinski definition) is 5. The maximum atomic E-state index is 13.7. The average Bonchev–Trinajstić information content (AvgIpc) is 3.21. The van der Waals surface area contributed by atoms with Crippen molar-refractivity contribution in [3.8, 4) is 17.0 Å². The molecule has 1 aromatic carbocycles. The summed E-state index contributed by atoms with van der Waals surface area (Å²) in [6.45, 7) is 0.654. The molecule has 23 heavy (non-hydrogen) atoms. The van der Waals surface area contributed by atoms with Gasteiger partial charge in [-0.25, -0.2) is 14.4 Å². The van der Waals surface area contributed by atoms with E-state index in [9.17, 15) is 4.39 Å². The third-order valence-corrected chi connectivity index (χ3v) is 3.79. The van der Waals surface area contributed by atoms with Gasteiger partial charge in [-0.15, -0.1) is 0 Å². The zero-order chi connectivity index (χ0) is 15.8. The maximum Gasteiger partial charge on any atom is 0.149 e. The van der Waals surface area contributed by atoms with Crippen molar-refractivity contribution >= 4 is 11.9 Å². The first-order valence-corrected chi connectivity index (χ1v) is 7.13. The van der Waals surface area contributed by atoms with E-state index in [0.717, 1.165) is 11.5 Å². The molecule has 1 N–H and O–H groups in total. The summed E-state index contributed by atoms with van der Waals surface area (Å²) in [6.07, 6.45) is 9.25. The summed E-state index contributed by atoms with van der Waals surface area (Å²) in [5.74, 6) is 1.10. The van der Waals surface area contributed by atoms with Crippen LogP contribution in [0.2, 0.25) is 0 Å². The van der Waals surface area contributed by atoms with E-state index in [-0.39, 0.29) is 5.82 Å². The second-order valence-corrected chi connectivity index (χ2v) is 5.08. The molecule has 0 spiro atoms. The van der Waals surface area contributed by atoms with Gasteiger partial charge >= 0.3 is 0 Å². The molecule has 1 aromatic heterocycles. The number of nitrogens with one attached hydrogen (secondary N) is 1. The lowest BCUT2D eigenvalue weighted by Gasteiger charge is -2.30. The Morgan fingerprint density at radius 1 is 1.35 bits per heavy atom. The Kier molecular flexibility index (Phi) is 3.11. The van der Waals surface area contributed by atoms with Gasteiger partial charge in [0.15, 0.2) is 0 Å². The van der Waals surface area contributed by atoms with Crippen LogP contribution in [0.1, 0.15) is 0 Å². The number of benzene rings is 1. The molecule has 0 aliphatic carbocycles. The van der Waals surface area contributed by atoms with Crippen LogP contribution in [-0.2, 0) is 0 Å². The molecule has 0 atom stereocenters. The molecule has 0 bridgehead atoms. The van der Waals surface area contributed by atoms with E-state index in [1.54, 1.807) is 25.6 Å². The smallest absolute Gasteiger partial charge is 0.149 e. The number of methoxy groups -OCH3 is 1. The first-order valence-electron chi connectivity index (χ1n) is 7.13. The Labute approximate surface area is 132 Å². The first kappa shape index (κ1) is 13.6. The number of allylic oxidation sites excluding steroid dienone is 1. The van der Waals surface area contributed by atoms with Gasteiger partial charge in [-0.2, -0.15) is 5.10 Å². The van der Waals surface area contributed by atoms with Gasteiger partial charge in [0.1, 0.15) is 23.1 Å². The SMILES string of the molecule is COc1ccc(F)cc1-c1[nH]ncc1N1CC=C2N=CC=CN21. The lowest BCUT2D eigenvalue weighted by molar-refractivity contribution is 0.415. The van der Waals surface area contributed by atoms with E-state index in [2.05, 4.69) is 15.2 Å². The number of anilines is 1. The maximum absolute atomic E-state index is 13.7. The summed E-state index contributed by atoms with van der Waals surface area (Å²) in [6, 6.07) is 4.41. The molecule has 2 aliphatic heterocycles. The first-order chi connectivity index (χ1) is 11.3. The second-order valence-electron chi connectivity index (χ2n) is 5.08. The molecule has 2 aromatic rings. The Morgan fingerprint density at radius 3 is 3.13 bits per heavy atom. The van der Waals surface area contributed by atoms with Gasteiger partial charge in [0.05, 0.1) is 25.5 Å². The molecule has 6 nitrogen and oxygen atoms in total. The number of halogens is 1. The largest absolute Gasteiger partial charge is 0.496 e. The highest BCUT2D eigenvalue weighted by atomic mass is 19.1. The third-order valence-electron chi connectivity index (χ3n) is 3.79. The lowest BCUT2D eigenvalue weighted by Crippen LogP contribution is -2.34. The Bertz CT molecular complexity index is 839. The van der Waals surface area contributed by atoms with Gasteiger partial charge in [0, 0.05) is 18.0 Å². The number of ether oxygens (including phenoxy) is 1. The quantitative estimate of drug-likeness (QED) is 0.947. The van der Waals surface area contributed by atoms with Crippen LogP contribution >= 0.6 is 0 Å². The van der Waals surface area contributed by atoms with Gasteiger partial charge in [-0.05, 0) is 30.4 Å². The summed E-state index contributed by atoms with van der Waals surface area (Å²) < 4.78 is 19.0. The second kappa shape index (κ2) is 5.28. The average molecular weight is 311 g/mol. The van der Waals surface area contributed by atoms with Crippen LogP contribution in [0.15, 0.2) is 53.6 Å². The molecule has 0 unspecified atom stereocenters. The van der Waals surface area contributed by atoms with E-state index in [1.807, 2.05) is 28.4 Å². The van der Waals surface area contributed by atoms with Gasteiger partial charge in [0.2, 0.25) is 0 Å². The minimum Gasteiger partial charge on any atom is -0.496 e. The summed E-state index contributed by atoms with van der Waals surface area (Å²) in [7, 11) is 1.56. The number of H-pyrrole nitrogens is 1. The lowest BCUT2D eigenvalue weighted by atomic mass is 10.1. The molecular weight excluding hydrogens is 297 g/mol. The highest BCUT2D eigenvalue weighted by Crippen LogP contribution is 2.38. The number of aliphatic imine (C=N–C) groups is 1. The van der Waals surface area contributed by atoms with Crippen molar-refractivity contribution < 1.29 is 9.13 Å². The number of fused-ring (bicyclic) bond motifs is 1. The fourth-order valence-corrected chi connectivity index (χ4v) is 2.75. The van der Waals surface area contributed by atoms with E-state index >= 15 is 0 Å². The Balaban J connectivity index is 1.77. The standard InChI is InChI=1S/C16H14FN5O/c1-23-14-4-3-11(17)9-12(14)16-13(10-19-20-16)21-8-5-15-18-6-2-7-22(15)21/h2-7,9-10H,8H2,1H3,(H,19,20). The van der Waals surface area contributed by atoms with Crippen LogP contribution in [0.3, 0.4) is 0 Å². The normalized spacial score (nSPS) is 15.8. The van der Waals surface area contributed by atoms with Crippen molar-refractivity contribution in [1.82, 2.24) is 15.2 Å². The molecule has 4 rings (SSSR count). The van der Waals surface area contributed by atoms with E-state index in [0.29, 0.717) is 23.6 Å². The minimum atomic E-state index is -0.330. The Morgan fingerprint density at radius 2 is 2.26 bits per heavy atom. The van der Waals surface area contributed by atoms with Crippen LogP contribution in [-0.4, -0.2) is 35.1 Å². The van der Waals surface area contributed by atoms with Gasteiger partial charge < -0.3 is 4.74 Å². The summed E-state index contributed by atoms with van der Waals surface area (Å²) in [5, 5.41) is 11.0. The predicted octanol–water partition coefficient (Wildman–Crippen LogP) is 2.70. The third kappa shape index (κ3) is 2.17. The van der Waals surface area contributed by atoms with Crippen molar-refractivity contribution in [3.05, 3.63) is 54.4 Å². The molecule has 0 radical (unpaired) electrons. The number of aromatic nitrogens is 2. The molecule has 2 aliphatic rings. The van der Waals surface area contributed by atoms with E-state index < -0.39 is 0 Å². The summed E-state index contributed by atoms with van der Waals surface area (Å²) >= 11 is 0. The number of rotatable bonds is 3. The predicted molar refractivity (Wildman–Crippen MR) is 85.4 cm³/mol. The molecule has 0 amide bonds. The molecule has 0 saturated heterocycles. The van der Waals surface area contributed by atoms with Crippen molar-refractivity contribution in [2.45, 2.75) is 0 Å². The molecular formula is C16H14FN5O. The number of aromatic amines is 1. The summed E-state index contributed by atoms with van der Waals surface area (Å²) in [5.41, 5.74) is 2.14. The fraction of sp³-hybridized carbons (Fsp3) is 0.125. The van der Waals surface area contributed by atoms with Crippen molar-refractivity contribution in [3.63, 3.8) is 0 Å².